The van der Waals surface area contributed by atoms with E-state index in [1.165, 1.54) is 115 Å². The van der Waals surface area contributed by atoms with Gasteiger partial charge in [0, 0.05) is 0 Å². The van der Waals surface area contributed by atoms with Gasteiger partial charge in [0.1, 0.15) is 0 Å². The second-order valence-electron chi connectivity index (χ2n) is 10.4. The lowest BCUT2D eigenvalue weighted by Gasteiger charge is -2.30. The smallest absolute Gasteiger partial charge is 0.0110 e. The molecule has 1 heteroatoms. The molecule has 0 fully saturated rings. The number of rotatable bonds is 6. The Kier molecular flexibility index (Phi) is 10.9. The van der Waals surface area contributed by atoms with Crippen LogP contribution in [0.1, 0.15) is 124 Å². The normalized spacial score (nSPS) is 34.3. The monoisotopic (exact) mass is 392 g/mol. The number of hydrogen-bond donors (Lipinski definition) is 0. The summed E-state index contributed by atoms with van der Waals surface area (Å²) >= 11 is 0. The molecule has 2 aliphatic rings. The average molecular weight is 393 g/mol. The minimum Gasteiger partial charge on any atom is -0.121 e. The van der Waals surface area contributed by atoms with Crippen LogP contribution in [0.3, 0.4) is 0 Å². The highest BCUT2D eigenvalue weighted by molar-refractivity contribution is 7.57. The molecule has 0 saturated carbocycles. The van der Waals surface area contributed by atoms with Gasteiger partial charge in [-0.2, -0.15) is 0 Å². The Morgan fingerprint density at radius 3 is 2.00 bits per heavy atom. The molecule has 2 rings (SSSR count). The van der Waals surface area contributed by atoms with E-state index in [-0.39, 0.29) is 7.55 Å². The van der Waals surface area contributed by atoms with Gasteiger partial charge in [-0.1, -0.05) is 109 Å². The summed E-state index contributed by atoms with van der Waals surface area (Å²) < 4.78 is 0. The highest BCUT2D eigenvalue weighted by Crippen LogP contribution is 2.43. The van der Waals surface area contributed by atoms with E-state index in [1.807, 2.05) is 0 Å². The Balaban J connectivity index is 2.07. The van der Waals surface area contributed by atoms with Crippen molar-refractivity contribution in [3.8, 4) is 0 Å². The Bertz CT molecular complexity index is 463. The van der Waals surface area contributed by atoms with Gasteiger partial charge in [0.05, 0.1) is 0 Å². The molecule has 1 heterocycles. The molecule has 0 amide bonds. The third-order valence-corrected chi connectivity index (χ3v) is 10.4. The van der Waals surface area contributed by atoms with Crippen molar-refractivity contribution < 1.29 is 0 Å². The van der Waals surface area contributed by atoms with Crippen LogP contribution in [-0.4, -0.2) is 18.1 Å². The molecule has 1 aliphatic heterocycles. The topological polar surface area (TPSA) is 0 Å². The van der Waals surface area contributed by atoms with E-state index in [0.29, 0.717) is 10.8 Å². The Morgan fingerprint density at radius 2 is 1.30 bits per heavy atom. The van der Waals surface area contributed by atoms with Gasteiger partial charge < -0.3 is 0 Å². The summed E-state index contributed by atoms with van der Waals surface area (Å²) in [6, 6.07) is 0. The molecule has 27 heavy (non-hydrogen) atoms. The van der Waals surface area contributed by atoms with Crippen molar-refractivity contribution in [2.45, 2.75) is 124 Å². The van der Waals surface area contributed by atoms with Crippen molar-refractivity contribution in [1.82, 2.24) is 0 Å². The Morgan fingerprint density at radius 1 is 0.704 bits per heavy atom. The minimum atomic E-state index is -0.292. The zero-order chi connectivity index (χ0) is 19.4. The molecule has 3 unspecified atom stereocenters. The zero-order valence-electron chi connectivity index (χ0n) is 19.0. The van der Waals surface area contributed by atoms with E-state index in [9.17, 15) is 0 Å². The van der Waals surface area contributed by atoms with Gasteiger partial charge >= 0.3 is 0 Å². The lowest BCUT2D eigenvalue weighted by molar-refractivity contribution is 0.344. The van der Waals surface area contributed by atoms with Gasteiger partial charge in [0.2, 0.25) is 0 Å². The SMILES string of the molecule is CCCCCCC/[PH]1=C/CCC2(C)C=CC(C)(CCCCCCCCC2)C1. The van der Waals surface area contributed by atoms with Gasteiger partial charge in [-0.15, -0.1) is 7.55 Å². The maximum atomic E-state index is 2.85. The fourth-order valence-electron chi connectivity index (χ4n) is 5.21. The van der Waals surface area contributed by atoms with Crippen LogP contribution in [0.5, 0.6) is 0 Å². The standard InChI is InChI=1S/C26H49P/c1-4-5-6-12-15-22-27-23-16-19-25(2)17-13-10-8-7-9-11-14-18-26(3,24-27)21-20-25/h20-21,23,27H,4-19,22,24H2,1-3H3. The summed E-state index contributed by atoms with van der Waals surface area (Å²) in [5.74, 6) is 2.85. The number of unbranched alkanes of at least 4 members (excludes halogenated alkanes) is 4. The molecule has 0 aromatic heterocycles. The van der Waals surface area contributed by atoms with Gasteiger partial charge in [-0.05, 0) is 55.3 Å². The molecule has 1 aliphatic carbocycles. The van der Waals surface area contributed by atoms with Crippen LogP contribution >= 0.6 is 7.55 Å². The summed E-state index contributed by atoms with van der Waals surface area (Å²) in [6.45, 7) is 7.48. The summed E-state index contributed by atoms with van der Waals surface area (Å²) in [7, 11) is -0.292. The van der Waals surface area contributed by atoms with Crippen molar-refractivity contribution in [3.05, 3.63) is 12.2 Å². The van der Waals surface area contributed by atoms with Crippen molar-refractivity contribution in [1.29, 1.82) is 0 Å². The van der Waals surface area contributed by atoms with E-state index in [1.54, 1.807) is 0 Å². The van der Waals surface area contributed by atoms with Crippen molar-refractivity contribution in [3.63, 3.8) is 0 Å². The third-order valence-electron chi connectivity index (χ3n) is 7.26. The third kappa shape index (κ3) is 9.39. The molecule has 158 valence electrons. The van der Waals surface area contributed by atoms with Crippen LogP contribution in [0, 0.1) is 10.8 Å². The van der Waals surface area contributed by atoms with E-state index >= 15 is 0 Å². The van der Waals surface area contributed by atoms with Crippen molar-refractivity contribution in [2.75, 3.05) is 12.3 Å². The first kappa shape index (κ1) is 23.3. The minimum absolute atomic E-state index is 0.292. The first-order valence-electron chi connectivity index (χ1n) is 12.4. The molecular weight excluding hydrogens is 343 g/mol. The van der Waals surface area contributed by atoms with Gasteiger partial charge in [-0.25, -0.2) is 0 Å². The first-order valence-corrected chi connectivity index (χ1v) is 14.4. The lowest BCUT2D eigenvalue weighted by Crippen LogP contribution is -2.19. The summed E-state index contributed by atoms with van der Waals surface area (Å²) in [6.07, 6.45) is 31.5. The highest BCUT2D eigenvalue weighted by atomic mass is 31.1. The van der Waals surface area contributed by atoms with Crippen LogP contribution in [0.2, 0.25) is 0 Å². The van der Waals surface area contributed by atoms with Crippen molar-refractivity contribution in [2.24, 2.45) is 10.8 Å². The zero-order valence-corrected chi connectivity index (χ0v) is 20.0. The fourth-order valence-corrected chi connectivity index (χ4v) is 8.32. The molecule has 0 aromatic rings. The molecule has 0 N–H and O–H groups in total. The average Bonchev–Trinajstić information content (AvgIpc) is 2.70. The molecule has 0 nitrogen and oxygen atoms in total. The summed E-state index contributed by atoms with van der Waals surface area (Å²) in [5, 5.41) is 0. The lowest BCUT2D eigenvalue weighted by atomic mass is 9.77. The molecular formula is C26H49P. The predicted molar refractivity (Wildman–Crippen MR) is 129 cm³/mol. The number of allylic oxidation sites excluding steroid dienone is 2. The molecule has 0 aromatic carbocycles. The maximum absolute atomic E-state index is 2.85. The van der Waals surface area contributed by atoms with E-state index in [4.69, 9.17) is 0 Å². The first-order chi connectivity index (χ1) is 13.1. The maximum Gasteiger partial charge on any atom is -0.0110 e. The second kappa shape index (κ2) is 12.6. The largest absolute Gasteiger partial charge is 0.121 e. The Hall–Kier alpha value is 0.0400. The van der Waals surface area contributed by atoms with Gasteiger partial charge in [-0.3, -0.25) is 0 Å². The van der Waals surface area contributed by atoms with E-state index < -0.39 is 0 Å². The van der Waals surface area contributed by atoms with Crippen LogP contribution in [0.25, 0.3) is 0 Å². The quantitative estimate of drug-likeness (QED) is 0.240. The predicted octanol–water partition coefficient (Wildman–Crippen LogP) is 8.86. The van der Waals surface area contributed by atoms with Crippen LogP contribution in [-0.2, 0) is 0 Å². The van der Waals surface area contributed by atoms with Crippen LogP contribution in [0.4, 0.5) is 0 Å². The van der Waals surface area contributed by atoms with Crippen LogP contribution in [0.15, 0.2) is 12.2 Å². The molecule has 0 radical (unpaired) electrons. The molecule has 0 saturated heterocycles. The van der Waals surface area contributed by atoms with E-state index in [2.05, 4.69) is 38.7 Å². The van der Waals surface area contributed by atoms with Gasteiger partial charge in [0.25, 0.3) is 0 Å². The molecule has 0 spiro atoms. The molecule has 2 bridgehead atoms. The Labute approximate surface area is 172 Å². The van der Waals surface area contributed by atoms with Crippen molar-refractivity contribution >= 4 is 13.3 Å². The van der Waals surface area contributed by atoms with E-state index in [0.717, 1.165) is 0 Å². The van der Waals surface area contributed by atoms with Crippen LogP contribution < -0.4 is 0 Å². The highest BCUT2D eigenvalue weighted by Gasteiger charge is 2.27. The number of hydrogen-bond acceptors (Lipinski definition) is 0. The fraction of sp³-hybridized carbons (Fsp3) is 0.885. The summed E-state index contributed by atoms with van der Waals surface area (Å²) in [4.78, 5) is 0. The second-order valence-corrected chi connectivity index (χ2v) is 12.9. The summed E-state index contributed by atoms with van der Waals surface area (Å²) in [5.41, 5.74) is 0.915. The number of fused-ring (bicyclic) bond motifs is 2. The van der Waals surface area contributed by atoms with Gasteiger partial charge in [0.15, 0.2) is 0 Å². The molecule has 3 atom stereocenters.